The van der Waals surface area contributed by atoms with Gasteiger partial charge in [-0.25, -0.2) is 16.8 Å². The third-order valence-electron chi connectivity index (χ3n) is 3.80. The number of sulfone groups is 2. The highest BCUT2D eigenvalue weighted by Gasteiger charge is 2.45. The van der Waals surface area contributed by atoms with Crippen molar-refractivity contribution in [3.8, 4) is 5.75 Å². The fourth-order valence-electron chi connectivity index (χ4n) is 2.60. The number of hydrogen-bond acceptors (Lipinski definition) is 7. The van der Waals surface area contributed by atoms with Gasteiger partial charge in [0, 0.05) is 19.7 Å². The molecule has 1 aliphatic rings. The van der Waals surface area contributed by atoms with Crippen molar-refractivity contribution in [1.29, 1.82) is 0 Å². The summed E-state index contributed by atoms with van der Waals surface area (Å²) < 4.78 is 59.3. The largest absolute Gasteiger partial charge is 0.497 e. The van der Waals surface area contributed by atoms with E-state index in [0.29, 0.717) is 18.9 Å². The molecule has 0 spiro atoms. The molecular formula is C14H21NO6S2. The first kappa shape index (κ1) is 18.2. The molecule has 1 aromatic rings. The van der Waals surface area contributed by atoms with Gasteiger partial charge in [-0.2, -0.15) is 0 Å². The summed E-state index contributed by atoms with van der Waals surface area (Å²) in [7, 11) is -4.14. The van der Waals surface area contributed by atoms with E-state index in [4.69, 9.17) is 9.47 Å². The Hall–Kier alpha value is -1.16. The fraction of sp³-hybridized carbons (Fsp3) is 0.571. The quantitative estimate of drug-likeness (QED) is 0.674. The lowest BCUT2D eigenvalue weighted by Crippen LogP contribution is -2.44. The summed E-state index contributed by atoms with van der Waals surface area (Å²) >= 11 is 0. The molecule has 1 saturated heterocycles. The first-order valence-electron chi connectivity index (χ1n) is 7.11. The molecular weight excluding hydrogens is 342 g/mol. The van der Waals surface area contributed by atoms with Crippen LogP contribution in [-0.4, -0.2) is 67.0 Å². The second-order valence-corrected chi connectivity index (χ2v) is 9.71. The topological polar surface area (TPSA) is 98.8 Å². The van der Waals surface area contributed by atoms with Crippen molar-refractivity contribution in [3.63, 3.8) is 0 Å². The summed E-state index contributed by atoms with van der Waals surface area (Å²) in [5.74, 6) is -0.0132. The number of hydrogen-bond donors (Lipinski definition) is 1. The number of nitrogens with one attached hydrogen (secondary N) is 1. The van der Waals surface area contributed by atoms with Crippen LogP contribution in [0.3, 0.4) is 0 Å². The molecule has 9 heteroatoms. The summed E-state index contributed by atoms with van der Waals surface area (Å²) in [6, 6.07) is 5.33. The van der Waals surface area contributed by atoms with Crippen molar-refractivity contribution < 1.29 is 26.3 Å². The maximum Gasteiger partial charge on any atom is 0.183 e. The maximum absolute atomic E-state index is 12.8. The van der Waals surface area contributed by atoms with Crippen LogP contribution in [0.15, 0.2) is 29.2 Å². The Bertz CT molecular complexity index is 727. The van der Waals surface area contributed by atoms with E-state index in [1.165, 1.54) is 26.4 Å². The highest BCUT2D eigenvalue weighted by atomic mass is 32.2. The number of benzene rings is 1. The van der Waals surface area contributed by atoms with Crippen molar-refractivity contribution in [1.82, 2.24) is 5.32 Å². The summed E-state index contributed by atoms with van der Waals surface area (Å²) in [6.07, 6.45) is 0. The van der Waals surface area contributed by atoms with Crippen LogP contribution in [0.4, 0.5) is 0 Å². The standard InChI is InChI=1S/C14H21NO6S2/c1-20-8-7-15-13-9-22(16,17)10-14(13)23(18,19)12-5-3-11(21-2)4-6-12/h3-6,13-15H,7-10H2,1-2H3/t13-,14-/m0/s1. The van der Waals surface area contributed by atoms with Crippen LogP contribution in [0, 0.1) is 0 Å². The summed E-state index contributed by atoms with van der Waals surface area (Å²) in [6.45, 7) is 0.775. The van der Waals surface area contributed by atoms with Crippen LogP contribution >= 0.6 is 0 Å². The van der Waals surface area contributed by atoms with E-state index < -0.39 is 31.0 Å². The Kier molecular flexibility index (Phi) is 5.66. The molecule has 23 heavy (non-hydrogen) atoms. The van der Waals surface area contributed by atoms with Gasteiger partial charge in [0.05, 0.1) is 35.4 Å². The van der Waals surface area contributed by atoms with Gasteiger partial charge >= 0.3 is 0 Å². The number of methoxy groups -OCH3 is 2. The molecule has 7 nitrogen and oxygen atoms in total. The van der Waals surface area contributed by atoms with Gasteiger partial charge in [0.25, 0.3) is 0 Å². The van der Waals surface area contributed by atoms with E-state index in [9.17, 15) is 16.8 Å². The monoisotopic (exact) mass is 363 g/mol. The lowest BCUT2D eigenvalue weighted by atomic mass is 10.2. The predicted octanol–water partition coefficient (Wildman–Crippen LogP) is -0.129. The van der Waals surface area contributed by atoms with Crippen molar-refractivity contribution in [3.05, 3.63) is 24.3 Å². The Labute approximate surface area is 136 Å². The molecule has 0 amide bonds. The highest BCUT2D eigenvalue weighted by Crippen LogP contribution is 2.27. The molecule has 1 heterocycles. The van der Waals surface area contributed by atoms with E-state index in [-0.39, 0.29) is 16.4 Å². The highest BCUT2D eigenvalue weighted by molar-refractivity contribution is 7.96. The van der Waals surface area contributed by atoms with Crippen LogP contribution in [-0.2, 0) is 24.4 Å². The van der Waals surface area contributed by atoms with E-state index in [0.717, 1.165) is 0 Å². The lowest BCUT2D eigenvalue weighted by molar-refractivity contribution is 0.196. The van der Waals surface area contributed by atoms with Gasteiger partial charge in [-0.1, -0.05) is 0 Å². The fourth-order valence-corrected chi connectivity index (χ4v) is 7.31. The molecule has 0 radical (unpaired) electrons. The molecule has 1 fully saturated rings. The van der Waals surface area contributed by atoms with E-state index in [1.54, 1.807) is 12.1 Å². The molecule has 0 aromatic heterocycles. The Morgan fingerprint density at radius 3 is 2.39 bits per heavy atom. The summed E-state index contributed by atoms with van der Waals surface area (Å²) in [5, 5.41) is 1.98. The molecule has 130 valence electrons. The Morgan fingerprint density at radius 1 is 1.17 bits per heavy atom. The molecule has 2 atom stereocenters. The first-order chi connectivity index (χ1) is 10.8. The minimum absolute atomic E-state index is 0.0962. The Morgan fingerprint density at radius 2 is 1.83 bits per heavy atom. The first-order valence-corrected chi connectivity index (χ1v) is 10.5. The second-order valence-electron chi connectivity index (χ2n) is 5.39. The van der Waals surface area contributed by atoms with E-state index in [2.05, 4.69) is 5.32 Å². The van der Waals surface area contributed by atoms with E-state index >= 15 is 0 Å². The maximum atomic E-state index is 12.8. The van der Waals surface area contributed by atoms with Crippen LogP contribution < -0.4 is 10.1 Å². The normalized spacial score (nSPS) is 23.7. The van der Waals surface area contributed by atoms with Crippen LogP contribution in [0.5, 0.6) is 5.75 Å². The zero-order valence-electron chi connectivity index (χ0n) is 13.1. The molecule has 2 rings (SSSR count). The van der Waals surface area contributed by atoms with Gasteiger partial charge in [0.2, 0.25) is 0 Å². The number of rotatable bonds is 7. The van der Waals surface area contributed by atoms with Gasteiger partial charge in [-0.05, 0) is 24.3 Å². The average molecular weight is 363 g/mol. The molecule has 1 aliphatic heterocycles. The molecule has 0 aliphatic carbocycles. The molecule has 1 N–H and O–H groups in total. The summed E-state index contributed by atoms with van der Waals surface area (Å²) in [4.78, 5) is 0.0962. The van der Waals surface area contributed by atoms with Gasteiger partial charge in [-0.3, -0.25) is 0 Å². The molecule has 1 aromatic carbocycles. The zero-order valence-corrected chi connectivity index (χ0v) is 14.7. The minimum Gasteiger partial charge on any atom is -0.497 e. The zero-order chi connectivity index (χ0) is 17.1. The van der Waals surface area contributed by atoms with Gasteiger partial charge in [-0.15, -0.1) is 0 Å². The van der Waals surface area contributed by atoms with Crippen molar-refractivity contribution >= 4 is 19.7 Å². The van der Waals surface area contributed by atoms with E-state index in [1.807, 2.05) is 0 Å². The SMILES string of the molecule is COCCN[C@H]1CS(=O)(=O)C[C@@H]1S(=O)(=O)c1ccc(OC)cc1. The number of ether oxygens (including phenoxy) is 2. The van der Waals surface area contributed by atoms with Crippen LogP contribution in [0.1, 0.15) is 0 Å². The predicted molar refractivity (Wildman–Crippen MR) is 86.3 cm³/mol. The second kappa shape index (κ2) is 7.16. The smallest absolute Gasteiger partial charge is 0.183 e. The van der Waals surface area contributed by atoms with Crippen LogP contribution in [0.25, 0.3) is 0 Å². The molecule has 0 bridgehead atoms. The molecule has 0 unspecified atom stereocenters. The lowest BCUT2D eigenvalue weighted by Gasteiger charge is -2.20. The summed E-state index contributed by atoms with van der Waals surface area (Å²) in [5.41, 5.74) is 0. The minimum atomic E-state index is -3.76. The van der Waals surface area contributed by atoms with Gasteiger partial charge in [0.1, 0.15) is 5.75 Å². The van der Waals surface area contributed by atoms with Crippen molar-refractivity contribution in [2.24, 2.45) is 0 Å². The van der Waals surface area contributed by atoms with Crippen molar-refractivity contribution in [2.75, 3.05) is 38.9 Å². The van der Waals surface area contributed by atoms with Gasteiger partial charge < -0.3 is 14.8 Å². The third-order valence-corrected chi connectivity index (χ3v) is 7.97. The average Bonchev–Trinajstić information content (AvgIpc) is 2.83. The van der Waals surface area contributed by atoms with Crippen molar-refractivity contribution in [2.45, 2.75) is 16.2 Å². The van der Waals surface area contributed by atoms with Crippen LogP contribution in [0.2, 0.25) is 0 Å². The third kappa shape index (κ3) is 4.23. The molecule has 0 saturated carbocycles. The van der Waals surface area contributed by atoms with Gasteiger partial charge in [0.15, 0.2) is 19.7 Å². The Balaban J connectivity index is 2.27.